The van der Waals surface area contributed by atoms with Crippen LogP contribution in [-0.4, -0.2) is 54.6 Å². The van der Waals surface area contributed by atoms with Crippen molar-refractivity contribution in [2.45, 2.75) is 51.2 Å². The molecule has 2 fully saturated rings. The molecule has 2 unspecified atom stereocenters. The first-order valence-electron chi connectivity index (χ1n) is 11.1. The van der Waals surface area contributed by atoms with Crippen LogP contribution in [0.4, 0.5) is 5.69 Å². The molecule has 0 bridgehead atoms. The van der Waals surface area contributed by atoms with Crippen LogP contribution in [0.3, 0.4) is 0 Å². The number of allylic oxidation sites excluding steroid dienone is 1. The summed E-state index contributed by atoms with van der Waals surface area (Å²) in [4.78, 5) is 15.4. The second-order valence-electron chi connectivity index (χ2n) is 8.47. The van der Waals surface area contributed by atoms with Crippen molar-refractivity contribution in [3.63, 3.8) is 0 Å². The molecule has 8 heteroatoms. The van der Waals surface area contributed by atoms with Crippen LogP contribution in [0.1, 0.15) is 39.0 Å². The van der Waals surface area contributed by atoms with Gasteiger partial charge in [0.05, 0.1) is 6.10 Å². The van der Waals surface area contributed by atoms with Crippen LogP contribution in [0.25, 0.3) is 0 Å². The van der Waals surface area contributed by atoms with Crippen molar-refractivity contribution >= 4 is 42.0 Å². The third-order valence-corrected chi connectivity index (χ3v) is 6.70. The van der Waals surface area contributed by atoms with Crippen molar-refractivity contribution in [2.24, 2.45) is 5.92 Å². The second kappa shape index (κ2) is 11.8. The largest absolute Gasteiger partial charge is 0.483 e. The summed E-state index contributed by atoms with van der Waals surface area (Å²) in [5, 5.41) is 15.1. The molecule has 0 spiro atoms. The number of hydrogen-bond acceptors (Lipinski definition) is 6. The van der Waals surface area contributed by atoms with Crippen molar-refractivity contribution in [3.05, 3.63) is 40.7 Å². The minimum atomic E-state index is -0.341. The van der Waals surface area contributed by atoms with E-state index >= 15 is 0 Å². The molecule has 0 radical (unpaired) electrons. The average molecular weight is 465 g/mol. The van der Waals surface area contributed by atoms with Gasteiger partial charge < -0.3 is 25.7 Å². The molecule has 2 aliphatic rings. The van der Waals surface area contributed by atoms with Crippen LogP contribution in [0.2, 0.25) is 5.02 Å². The number of nitrogens with one attached hydrogen (secondary N) is 3. The molecular weight excluding hydrogens is 432 g/mol. The van der Waals surface area contributed by atoms with Gasteiger partial charge >= 0.3 is 0 Å². The van der Waals surface area contributed by atoms with Gasteiger partial charge in [-0.1, -0.05) is 24.6 Å². The lowest BCUT2D eigenvalue weighted by Crippen LogP contribution is -2.51. The van der Waals surface area contributed by atoms with Gasteiger partial charge in [0.1, 0.15) is 5.70 Å². The Labute approximate surface area is 195 Å². The molecular formula is C23H33ClN4O2S. The van der Waals surface area contributed by atoms with Crippen molar-refractivity contribution < 1.29 is 9.53 Å². The maximum atomic E-state index is 13.3. The highest BCUT2D eigenvalue weighted by atomic mass is 35.5. The quantitative estimate of drug-likeness (QED) is 0.190. The number of piperazine rings is 1. The Morgan fingerprint density at radius 2 is 2.23 bits per heavy atom. The Morgan fingerprint density at radius 3 is 2.90 bits per heavy atom. The summed E-state index contributed by atoms with van der Waals surface area (Å²) < 4.78 is 6.23. The van der Waals surface area contributed by atoms with E-state index in [0.717, 1.165) is 57.5 Å². The Kier molecular flexibility index (Phi) is 9.11. The molecule has 1 saturated carbocycles. The standard InChI is InChI=1S/C23H33ClN4O2S/c1-16(15-31)11-19-14-28(10-9-26-19)21(13-25)22(30-20-7-2-3-8-20)23(29)27-18-6-4-5-17(24)12-18/h4-6,12-13,16,19-20,25-26,31H,2-3,7-11,14-15H2,1H3,(H,27,29). The summed E-state index contributed by atoms with van der Waals surface area (Å²) >= 11 is 10.5. The van der Waals surface area contributed by atoms with Gasteiger partial charge in [-0.15, -0.1) is 0 Å². The van der Waals surface area contributed by atoms with Gasteiger partial charge in [-0.25, -0.2) is 0 Å². The van der Waals surface area contributed by atoms with Gasteiger partial charge in [-0.2, -0.15) is 12.6 Å². The van der Waals surface area contributed by atoms with Gasteiger partial charge in [-0.3, -0.25) is 4.79 Å². The van der Waals surface area contributed by atoms with E-state index in [1.54, 1.807) is 24.3 Å². The molecule has 1 aliphatic heterocycles. The van der Waals surface area contributed by atoms with E-state index in [0.29, 0.717) is 22.3 Å². The molecule has 3 rings (SSSR count). The first kappa shape index (κ1) is 24.0. The molecule has 0 aromatic heterocycles. The van der Waals surface area contributed by atoms with Crippen molar-refractivity contribution in [3.8, 4) is 0 Å². The molecule has 2 atom stereocenters. The Balaban J connectivity index is 1.84. The zero-order valence-corrected chi connectivity index (χ0v) is 19.7. The summed E-state index contributed by atoms with van der Waals surface area (Å²) in [6.45, 7) is 4.44. The third-order valence-electron chi connectivity index (χ3n) is 5.84. The normalized spacial score (nSPS) is 21.4. The fourth-order valence-corrected chi connectivity index (χ4v) is 4.56. The van der Waals surface area contributed by atoms with E-state index in [9.17, 15) is 4.79 Å². The van der Waals surface area contributed by atoms with Gasteiger partial charge in [0.2, 0.25) is 5.76 Å². The van der Waals surface area contributed by atoms with E-state index in [1.165, 1.54) is 6.21 Å². The van der Waals surface area contributed by atoms with Crippen LogP contribution < -0.4 is 10.6 Å². The fraction of sp³-hybridized carbons (Fsp3) is 0.565. The number of carbonyl (C=O) groups is 1. The summed E-state index contributed by atoms with van der Waals surface area (Å²) in [5.41, 5.74) is 1.14. The molecule has 1 aliphatic carbocycles. The lowest BCUT2D eigenvalue weighted by atomic mass is 10.0. The fourth-order valence-electron chi connectivity index (χ4n) is 4.22. The predicted molar refractivity (Wildman–Crippen MR) is 130 cm³/mol. The van der Waals surface area contributed by atoms with E-state index in [-0.39, 0.29) is 23.8 Å². The maximum Gasteiger partial charge on any atom is 0.293 e. The molecule has 1 heterocycles. The first-order valence-corrected chi connectivity index (χ1v) is 12.1. The second-order valence-corrected chi connectivity index (χ2v) is 9.27. The maximum absolute atomic E-state index is 13.3. The molecule has 6 nitrogen and oxygen atoms in total. The number of benzene rings is 1. The zero-order valence-electron chi connectivity index (χ0n) is 18.1. The molecule has 31 heavy (non-hydrogen) atoms. The molecule has 3 N–H and O–H groups in total. The van der Waals surface area contributed by atoms with Crippen LogP contribution >= 0.6 is 24.2 Å². The van der Waals surface area contributed by atoms with Crippen LogP contribution in [-0.2, 0) is 9.53 Å². The third kappa shape index (κ3) is 6.89. The van der Waals surface area contributed by atoms with Gasteiger partial charge in [0.15, 0.2) is 0 Å². The summed E-state index contributed by atoms with van der Waals surface area (Å²) in [7, 11) is 0. The monoisotopic (exact) mass is 464 g/mol. The number of halogens is 1. The van der Waals surface area contributed by atoms with Gasteiger partial charge in [0.25, 0.3) is 5.91 Å². The molecule has 170 valence electrons. The van der Waals surface area contributed by atoms with Crippen molar-refractivity contribution in [1.29, 1.82) is 5.41 Å². The lowest BCUT2D eigenvalue weighted by Gasteiger charge is -2.37. The van der Waals surface area contributed by atoms with Crippen LogP contribution in [0.5, 0.6) is 0 Å². The summed E-state index contributed by atoms with van der Waals surface area (Å²) in [6.07, 6.45) is 6.34. The average Bonchev–Trinajstić information content (AvgIpc) is 3.27. The number of ether oxygens (including phenoxy) is 1. The summed E-state index contributed by atoms with van der Waals surface area (Å²) in [5.74, 6) is 1.22. The first-order chi connectivity index (χ1) is 15.0. The topological polar surface area (TPSA) is 77.5 Å². The Hall–Kier alpha value is -1.70. The van der Waals surface area contributed by atoms with E-state index in [4.69, 9.17) is 21.7 Å². The van der Waals surface area contributed by atoms with E-state index < -0.39 is 0 Å². The minimum absolute atomic E-state index is 0.0120. The SMILES string of the molecule is CC(CS)CC1CN(C(C=N)=C(OC2CCCC2)C(=O)Nc2cccc(Cl)c2)CCN1. The number of rotatable bonds is 9. The molecule has 1 aromatic carbocycles. The smallest absolute Gasteiger partial charge is 0.293 e. The predicted octanol–water partition coefficient (Wildman–Crippen LogP) is 4.33. The van der Waals surface area contributed by atoms with E-state index in [2.05, 4.69) is 35.1 Å². The molecule has 1 aromatic rings. The number of carbonyl (C=O) groups excluding carboxylic acids is 1. The number of hydrogen-bond donors (Lipinski definition) is 4. The van der Waals surface area contributed by atoms with Crippen LogP contribution in [0, 0.1) is 11.3 Å². The lowest BCUT2D eigenvalue weighted by molar-refractivity contribution is -0.117. The molecule has 1 saturated heterocycles. The summed E-state index contributed by atoms with van der Waals surface area (Å²) in [6, 6.07) is 7.34. The minimum Gasteiger partial charge on any atom is -0.483 e. The van der Waals surface area contributed by atoms with Crippen LogP contribution in [0.15, 0.2) is 35.7 Å². The highest BCUT2D eigenvalue weighted by Crippen LogP contribution is 2.27. The van der Waals surface area contributed by atoms with Gasteiger partial charge in [-0.05, 0) is 62.0 Å². The number of nitrogens with zero attached hydrogens (tertiary/aromatic N) is 1. The van der Waals surface area contributed by atoms with Crippen molar-refractivity contribution in [1.82, 2.24) is 10.2 Å². The Morgan fingerprint density at radius 1 is 1.45 bits per heavy atom. The Bertz CT molecular complexity index is 798. The van der Waals surface area contributed by atoms with E-state index in [1.807, 2.05) is 0 Å². The number of amides is 1. The highest BCUT2D eigenvalue weighted by Gasteiger charge is 2.29. The number of thiol groups is 1. The van der Waals surface area contributed by atoms with Gasteiger partial charge in [0, 0.05) is 42.6 Å². The number of anilines is 1. The van der Waals surface area contributed by atoms with Crippen molar-refractivity contribution in [2.75, 3.05) is 30.7 Å². The molecule has 1 amide bonds. The zero-order chi connectivity index (χ0) is 22.2. The highest BCUT2D eigenvalue weighted by molar-refractivity contribution is 7.80.